The van der Waals surface area contributed by atoms with Gasteiger partial charge in [0, 0.05) is 42.4 Å². The highest BCUT2D eigenvalue weighted by atomic mass is 32.2. The Morgan fingerprint density at radius 1 is 0.600 bits per heavy atom. The number of carbonyl (C=O) groups excluding carboxylic acids is 2. The van der Waals surface area contributed by atoms with Gasteiger partial charge in [-0.3, -0.25) is 9.59 Å². The molecule has 4 atom stereocenters. The molecule has 8 rings (SSSR count). The molecule has 0 saturated heterocycles. The van der Waals surface area contributed by atoms with Crippen LogP contribution in [0.4, 0.5) is 61.5 Å². The molecule has 2 N–H and O–H groups in total. The molecule has 404 valence electrons. The molecule has 2 fully saturated rings. The first-order chi connectivity index (χ1) is 34.8. The van der Waals surface area contributed by atoms with E-state index in [0.29, 0.717) is 47.0 Å². The lowest BCUT2D eigenvalue weighted by atomic mass is 9.80. The van der Waals surface area contributed by atoms with Crippen molar-refractivity contribution in [1.29, 1.82) is 0 Å². The standard InChI is InChI=1S/C22H17F7N4O3S.C11H6F6N4O2.C10H12FNO2S/c23-14-2-4-17(5-3-14)37(35,36)18-6-1-12(18)7-16(34)8-13-11-33(32-19(13)21(24,25)26)15-9-30-20(31-10-15)22(27,28)29;12-10(13,14)8-6(4-23-5-22)3-21(20-8)7-1-18-9(19-2-7)11(15,16)17;11-7-1-3-8(4-2-7)15(13,14)10-6-5-9(10)12/h2-5,9-12,18H,1,6-8H2;1-3,5H,4H2;1-4,9-10H,5-6,12H2/t12-,18-;;/m0../s1. The minimum Gasteiger partial charge on any atom is -0.463 e. The monoisotopic (exact) mass is 1120 g/mol. The summed E-state index contributed by atoms with van der Waals surface area (Å²) in [5.41, 5.74) is 1.36. The minimum atomic E-state index is -4.97. The van der Waals surface area contributed by atoms with Gasteiger partial charge in [-0.2, -0.15) is 62.9 Å². The van der Waals surface area contributed by atoms with Crippen molar-refractivity contribution in [2.45, 2.75) is 96.2 Å². The number of benzene rings is 2. The van der Waals surface area contributed by atoms with Gasteiger partial charge in [-0.05, 0) is 80.1 Å². The number of alkyl halides is 12. The average molecular weight is 1120 g/mol. The Balaban J connectivity index is 0.000000204. The summed E-state index contributed by atoms with van der Waals surface area (Å²) in [6, 6.07) is 8.79. The number of ketones is 1. The van der Waals surface area contributed by atoms with Crippen molar-refractivity contribution < 1.29 is 92.6 Å². The van der Waals surface area contributed by atoms with Gasteiger partial charge in [-0.25, -0.2) is 54.9 Å². The van der Waals surface area contributed by atoms with Gasteiger partial charge in [0.1, 0.15) is 35.4 Å². The van der Waals surface area contributed by atoms with Crippen LogP contribution < -0.4 is 5.73 Å². The molecule has 0 amide bonds. The third-order valence-electron chi connectivity index (χ3n) is 11.3. The van der Waals surface area contributed by atoms with Crippen molar-refractivity contribution in [2.24, 2.45) is 11.7 Å². The van der Waals surface area contributed by atoms with Crippen LogP contribution in [0.5, 0.6) is 0 Å². The van der Waals surface area contributed by atoms with Gasteiger partial charge in [0.25, 0.3) is 6.47 Å². The number of Topliss-reactive ketones (excluding diaryl/α,β-unsaturated/α-hetero) is 1. The summed E-state index contributed by atoms with van der Waals surface area (Å²) in [6.45, 7) is -0.738. The van der Waals surface area contributed by atoms with Gasteiger partial charge in [0.05, 0.1) is 45.1 Å². The number of hydrogen-bond acceptors (Lipinski definition) is 14. The molecule has 4 heterocycles. The fourth-order valence-electron chi connectivity index (χ4n) is 7.33. The van der Waals surface area contributed by atoms with Crippen LogP contribution >= 0.6 is 0 Å². The van der Waals surface area contributed by atoms with E-state index in [1.807, 2.05) is 0 Å². The molecule has 2 aliphatic rings. The van der Waals surface area contributed by atoms with E-state index in [2.05, 4.69) is 34.9 Å². The van der Waals surface area contributed by atoms with E-state index in [-0.39, 0.29) is 46.5 Å². The second-order valence-electron chi connectivity index (χ2n) is 16.4. The highest BCUT2D eigenvalue weighted by molar-refractivity contribution is 7.92. The number of carbonyl (C=O) groups is 2. The summed E-state index contributed by atoms with van der Waals surface area (Å²) in [7, 11) is -7.23. The highest BCUT2D eigenvalue weighted by Crippen LogP contribution is 2.40. The molecule has 0 radical (unpaired) electrons. The molecule has 6 aromatic rings. The maximum absolute atomic E-state index is 13.5. The number of ether oxygens (including phenoxy) is 1. The van der Waals surface area contributed by atoms with Crippen molar-refractivity contribution in [3.8, 4) is 11.4 Å². The van der Waals surface area contributed by atoms with Crippen molar-refractivity contribution in [2.75, 3.05) is 0 Å². The lowest BCUT2D eigenvalue weighted by molar-refractivity contribution is -0.145. The summed E-state index contributed by atoms with van der Waals surface area (Å²) in [5, 5.41) is 5.16. The Morgan fingerprint density at radius 3 is 1.35 bits per heavy atom. The van der Waals surface area contributed by atoms with Crippen LogP contribution in [0.1, 0.15) is 66.3 Å². The molecule has 2 aliphatic carbocycles. The molecule has 2 aromatic carbocycles. The number of halogens is 14. The molecular formula is C43H35F14N9O7S2. The molecule has 4 aromatic heterocycles. The largest absolute Gasteiger partial charge is 0.463 e. The second kappa shape index (κ2) is 22.1. The lowest BCUT2D eigenvalue weighted by Crippen LogP contribution is -2.48. The molecular weight excluding hydrogens is 1080 g/mol. The van der Waals surface area contributed by atoms with E-state index in [4.69, 9.17) is 5.73 Å². The Hall–Kier alpha value is -6.96. The van der Waals surface area contributed by atoms with Gasteiger partial charge in [-0.15, -0.1) is 0 Å². The maximum atomic E-state index is 13.5. The van der Waals surface area contributed by atoms with Crippen LogP contribution in [0, 0.1) is 17.6 Å². The quantitative estimate of drug-likeness (QED) is 0.0656. The van der Waals surface area contributed by atoms with E-state index in [1.54, 1.807) is 0 Å². The van der Waals surface area contributed by atoms with Crippen molar-refractivity contribution in [3.63, 3.8) is 0 Å². The predicted molar refractivity (Wildman–Crippen MR) is 227 cm³/mol. The third-order valence-corrected chi connectivity index (χ3v) is 16.0. The van der Waals surface area contributed by atoms with Gasteiger partial charge < -0.3 is 10.5 Å². The third kappa shape index (κ3) is 13.9. The van der Waals surface area contributed by atoms with E-state index < -0.39 is 125 Å². The average Bonchev–Trinajstić information content (AvgIpc) is 3.95. The number of aromatic nitrogens is 8. The van der Waals surface area contributed by atoms with Crippen LogP contribution in [0.25, 0.3) is 11.4 Å². The Labute approximate surface area is 413 Å². The van der Waals surface area contributed by atoms with Gasteiger partial charge in [0.15, 0.2) is 31.1 Å². The van der Waals surface area contributed by atoms with Crippen LogP contribution in [0.15, 0.2) is 95.5 Å². The van der Waals surface area contributed by atoms with E-state index >= 15 is 0 Å². The summed E-state index contributed by atoms with van der Waals surface area (Å²) in [4.78, 5) is 35.0. The Bertz CT molecular complexity index is 3190. The van der Waals surface area contributed by atoms with Crippen molar-refractivity contribution >= 4 is 31.9 Å². The first-order valence-corrected chi connectivity index (χ1v) is 24.3. The lowest BCUT2D eigenvalue weighted by Gasteiger charge is -2.35. The van der Waals surface area contributed by atoms with E-state index in [1.165, 1.54) is 12.1 Å². The Kier molecular flexibility index (Phi) is 16.9. The molecule has 16 nitrogen and oxygen atoms in total. The highest BCUT2D eigenvalue weighted by Gasteiger charge is 2.44. The van der Waals surface area contributed by atoms with Gasteiger partial charge >= 0.3 is 24.7 Å². The molecule has 0 spiro atoms. The summed E-state index contributed by atoms with van der Waals surface area (Å²) < 4.78 is 235. The number of nitrogens with two attached hydrogens (primary N) is 1. The van der Waals surface area contributed by atoms with Crippen molar-refractivity contribution in [3.05, 3.63) is 132 Å². The van der Waals surface area contributed by atoms with Crippen LogP contribution in [-0.2, 0) is 71.7 Å². The molecule has 0 aliphatic heterocycles. The predicted octanol–water partition coefficient (Wildman–Crippen LogP) is 8.06. The summed E-state index contributed by atoms with van der Waals surface area (Å²) >= 11 is 0. The number of hydrogen-bond donors (Lipinski definition) is 1. The number of sulfone groups is 2. The Morgan fingerprint density at radius 2 is 1.00 bits per heavy atom. The fraction of sp³-hybridized carbons (Fsp3) is 0.349. The SMILES string of the molecule is NC1CCC1S(=O)(=O)c1ccc(F)cc1.O=C(Cc1cn(-c2cnc(C(F)(F)F)nc2)nc1C(F)(F)F)C[C@@H]1CC[C@@H]1S(=O)(=O)c1ccc(F)cc1.O=COCc1cn(-c2cnc(C(F)(F)F)nc2)nc1C(F)(F)F. The van der Waals surface area contributed by atoms with E-state index in [9.17, 15) is 87.9 Å². The van der Waals surface area contributed by atoms with Crippen LogP contribution in [0.2, 0.25) is 0 Å². The smallest absolute Gasteiger partial charge is 0.451 e. The summed E-state index contributed by atoms with van der Waals surface area (Å²) in [5.74, 6) is -5.28. The van der Waals surface area contributed by atoms with Crippen molar-refractivity contribution in [1.82, 2.24) is 39.5 Å². The fourth-order valence-corrected chi connectivity index (χ4v) is 11.3. The molecule has 2 saturated carbocycles. The maximum Gasteiger partial charge on any atom is 0.451 e. The van der Waals surface area contributed by atoms with Crippen LogP contribution in [-0.4, -0.2) is 85.1 Å². The molecule has 32 heteroatoms. The van der Waals surface area contributed by atoms with E-state index in [0.717, 1.165) is 55.2 Å². The first kappa shape index (κ1) is 57.3. The van der Waals surface area contributed by atoms with Gasteiger partial charge in [-0.1, -0.05) is 0 Å². The summed E-state index contributed by atoms with van der Waals surface area (Å²) in [6.07, 6.45) is -14.2. The van der Waals surface area contributed by atoms with Crippen LogP contribution in [0.3, 0.4) is 0 Å². The second-order valence-corrected chi connectivity index (χ2v) is 20.7. The minimum absolute atomic E-state index is 0.0429. The normalized spacial score (nSPS) is 18.1. The molecule has 2 unspecified atom stereocenters. The molecule has 75 heavy (non-hydrogen) atoms. The molecule has 0 bridgehead atoms. The zero-order valence-corrected chi connectivity index (χ0v) is 39.2. The first-order valence-electron chi connectivity index (χ1n) is 21.2. The zero-order chi connectivity index (χ0) is 55.5. The number of nitrogens with zero attached hydrogens (tertiary/aromatic N) is 8. The van der Waals surface area contributed by atoms with Gasteiger partial charge in [0.2, 0.25) is 11.6 Å². The number of rotatable bonds is 13. The topological polar surface area (TPSA) is 225 Å². The zero-order valence-electron chi connectivity index (χ0n) is 37.5.